The number of hydrogen-bond acceptors (Lipinski definition) is 1. The predicted octanol–water partition coefficient (Wildman–Crippen LogP) is 5.31. The summed E-state index contributed by atoms with van der Waals surface area (Å²) in [5.74, 6) is 0. The van der Waals surface area contributed by atoms with Gasteiger partial charge in [-0.15, -0.1) is 0 Å². The number of benzene rings is 2. The average Bonchev–Trinajstić information content (AvgIpc) is 2.45. The van der Waals surface area contributed by atoms with Gasteiger partial charge in [0.15, 0.2) is 0 Å². The maximum Gasteiger partial charge on any atom is 0.417 e. The molecule has 1 unspecified atom stereocenters. The Bertz CT molecular complexity index is 638. The SMILES string of the molecule is CNC(C)c1ccc(-c2ccccc2C(F)(F)F)cc1Cl. The van der Waals surface area contributed by atoms with E-state index in [0.717, 1.165) is 11.6 Å². The summed E-state index contributed by atoms with van der Waals surface area (Å²) in [7, 11) is 1.80. The number of nitrogens with one attached hydrogen (secondary N) is 1. The second kappa shape index (κ2) is 6.08. The van der Waals surface area contributed by atoms with Crippen molar-refractivity contribution in [1.82, 2.24) is 5.32 Å². The Morgan fingerprint density at radius 1 is 1.10 bits per heavy atom. The van der Waals surface area contributed by atoms with E-state index in [9.17, 15) is 13.2 Å². The number of alkyl halides is 3. The van der Waals surface area contributed by atoms with E-state index in [-0.39, 0.29) is 11.6 Å². The minimum absolute atomic E-state index is 0.0319. The Hall–Kier alpha value is -1.52. The lowest BCUT2D eigenvalue weighted by molar-refractivity contribution is -0.137. The van der Waals surface area contributed by atoms with Crippen LogP contribution < -0.4 is 5.32 Å². The van der Waals surface area contributed by atoms with Crippen molar-refractivity contribution in [2.24, 2.45) is 0 Å². The van der Waals surface area contributed by atoms with Crippen LogP contribution in [0.3, 0.4) is 0 Å². The molecule has 1 atom stereocenters. The van der Waals surface area contributed by atoms with Gasteiger partial charge in [0.05, 0.1) is 5.56 Å². The van der Waals surface area contributed by atoms with E-state index in [0.29, 0.717) is 10.6 Å². The molecule has 0 radical (unpaired) electrons. The van der Waals surface area contributed by atoms with Crippen molar-refractivity contribution in [3.05, 3.63) is 58.6 Å². The molecule has 0 amide bonds. The molecule has 112 valence electrons. The molecular formula is C16H15ClF3N. The van der Waals surface area contributed by atoms with Gasteiger partial charge >= 0.3 is 6.18 Å². The molecule has 0 fully saturated rings. The van der Waals surface area contributed by atoms with Crippen LogP contribution in [0.25, 0.3) is 11.1 Å². The maximum absolute atomic E-state index is 13.1. The molecule has 2 aromatic rings. The van der Waals surface area contributed by atoms with Crippen molar-refractivity contribution in [1.29, 1.82) is 0 Å². The third-order valence-electron chi connectivity index (χ3n) is 3.44. The van der Waals surface area contributed by atoms with E-state index in [1.54, 1.807) is 31.3 Å². The molecule has 5 heteroatoms. The van der Waals surface area contributed by atoms with Crippen LogP contribution >= 0.6 is 11.6 Å². The number of hydrogen-bond donors (Lipinski definition) is 1. The van der Waals surface area contributed by atoms with Gasteiger partial charge < -0.3 is 5.32 Å². The lowest BCUT2D eigenvalue weighted by Gasteiger charge is -2.16. The molecular weight excluding hydrogens is 299 g/mol. The van der Waals surface area contributed by atoms with Gasteiger partial charge in [-0.3, -0.25) is 0 Å². The molecule has 0 aliphatic carbocycles. The molecule has 2 rings (SSSR count). The van der Waals surface area contributed by atoms with Crippen LogP contribution in [0.15, 0.2) is 42.5 Å². The zero-order chi connectivity index (χ0) is 15.6. The zero-order valence-corrected chi connectivity index (χ0v) is 12.4. The molecule has 0 aliphatic rings. The third-order valence-corrected chi connectivity index (χ3v) is 3.77. The first-order chi connectivity index (χ1) is 9.84. The van der Waals surface area contributed by atoms with Crippen molar-refractivity contribution in [3.63, 3.8) is 0 Å². The first kappa shape index (κ1) is 15.9. The highest BCUT2D eigenvalue weighted by Gasteiger charge is 2.33. The predicted molar refractivity (Wildman–Crippen MR) is 79.4 cm³/mol. The molecule has 1 nitrogen and oxygen atoms in total. The monoisotopic (exact) mass is 313 g/mol. The van der Waals surface area contributed by atoms with E-state index >= 15 is 0 Å². The van der Waals surface area contributed by atoms with Gasteiger partial charge in [-0.05, 0) is 42.8 Å². The van der Waals surface area contributed by atoms with E-state index in [4.69, 9.17) is 11.6 Å². The van der Waals surface area contributed by atoms with Crippen LogP contribution in [0, 0.1) is 0 Å². The summed E-state index contributed by atoms with van der Waals surface area (Å²) in [4.78, 5) is 0. The van der Waals surface area contributed by atoms with Gasteiger partial charge in [0, 0.05) is 11.1 Å². The molecule has 0 aromatic heterocycles. The molecule has 0 saturated carbocycles. The summed E-state index contributed by atoms with van der Waals surface area (Å²) in [5.41, 5.74) is 0.790. The highest BCUT2D eigenvalue weighted by atomic mass is 35.5. The molecule has 0 bridgehead atoms. The zero-order valence-electron chi connectivity index (χ0n) is 11.6. The van der Waals surface area contributed by atoms with Gasteiger partial charge in [0.1, 0.15) is 0 Å². The first-order valence-corrected chi connectivity index (χ1v) is 6.85. The summed E-state index contributed by atoms with van der Waals surface area (Å²) in [6, 6.07) is 10.5. The maximum atomic E-state index is 13.1. The number of halogens is 4. The van der Waals surface area contributed by atoms with Crippen molar-refractivity contribution < 1.29 is 13.2 Å². The van der Waals surface area contributed by atoms with Gasteiger partial charge in [-0.2, -0.15) is 13.2 Å². The quantitative estimate of drug-likeness (QED) is 0.810. The Labute approximate surface area is 126 Å². The molecule has 21 heavy (non-hydrogen) atoms. The van der Waals surface area contributed by atoms with Crippen LogP contribution in [-0.2, 0) is 6.18 Å². The minimum Gasteiger partial charge on any atom is -0.313 e. The van der Waals surface area contributed by atoms with Gasteiger partial charge in [-0.25, -0.2) is 0 Å². The molecule has 0 heterocycles. The fourth-order valence-electron chi connectivity index (χ4n) is 2.18. The topological polar surface area (TPSA) is 12.0 Å². The van der Waals surface area contributed by atoms with E-state index < -0.39 is 11.7 Å². The molecule has 0 saturated heterocycles. The fourth-order valence-corrected chi connectivity index (χ4v) is 2.53. The highest BCUT2D eigenvalue weighted by molar-refractivity contribution is 6.31. The van der Waals surface area contributed by atoms with Crippen molar-refractivity contribution in [3.8, 4) is 11.1 Å². The van der Waals surface area contributed by atoms with Crippen LogP contribution in [0.4, 0.5) is 13.2 Å². The molecule has 2 aromatic carbocycles. The van der Waals surface area contributed by atoms with Gasteiger partial charge in [0.2, 0.25) is 0 Å². The van der Waals surface area contributed by atoms with Crippen molar-refractivity contribution in [2.75, 3.05) is 7.05 Å². The Morgan fingerprint density at radius 2 is 1.76 bits per heavy atom. The highest BCUT2D eigenvalue weighted by Crippen LogP contribution is 2.38. The van der Waals surface area contributed by atoms with Crippen LogP contribution in [0.2, 0.25) is 5.02 Å². The Kier molecular flexibility index (Phi) is 4.59. The van der Waals surface area contributed by atoms with E-state index in [2.05, 4.69) is 5.32 Å². The molecule has 1 N–H and O–H groups in total. The van der Waals surface area contributed by atoms with Crippen LogP contribution in [-0.4, -0.2) is 7.05 Å². The van der Waals surface area contributed by atoms with Crippen molar-refractivity contribution in [2.45, 2.75) is 19.1 Å². The molecule has 0 aliphatic heterocycles. The Morgan fingerprint density at radius 3 is 2.33 bits per heavy atom. The molecule has 0 spiro atoms. The van der Waals surface area contributed by atoms with Gasteiger partial charge in [0.25, 0.3) is 0 Å². The minimum atomic E-state index is -4.39. The summed E-state index contributed by atoms with van der Waals surface area (Å²) in [6.45, 7) is 1.94. The van der Waals surface area contributed by atoms with Crippen LogP contribution in [0.5, 0.6) is 0 Å². The van der Waals surface area contributed by atoms with Gasteiger partial charge in [-0.1, -0.05) is 41.9 Å². The number of rotatable bonds is 3. The largest absolute Gasteiger partial charge is 0.417 e. The van der Waals surface area contributed by atoms with Crippen LogP contribution in [0.1, 0.15) is 24.1 Å². The van der Waals surface area contributed by atoms with E-state index in [1.165, 1.54) is 12.1 Å². The smallest absolute Gasteiger partial charge is 0.313 e. The average molecular weight is 314 g/mol. The second-order valence-corrected chi connectivity index (χ2v) is 5.20. The normalized spacial score (nSPS) is 13.2. The fraction of sp³-hybridized carbons (Fsp3) is 0.250. The second-order valence-electron chi connectivity index (χ2n) is 4.79. The summed E-state index contributed by atoms with van der Waals surface area (Å²) in [6.07, 6.45) is -4.39. The lowest BCUT2D eigenvalue weighted by atomic mass is 9.97. The first-order valence-electron chi connectivity index (χ1n) is 6.48. The Balaban J connectivity index is 2.52. The summed E-state index contributed by atoms with van der Waals surface area (Å²) >= 11 is 6.20. The third kappa shape index (κ3) is 3.39. The van der Waals surface area contributed by atoms with Crippen molar-refractivity contribution >= 4 is 11.6 Å². The summed E-state index contributed by atoms with van der Waals surface area (Å²) in [5, 5.41) is 3.50. The standard InChI is InChI=1S/C16H15ClF3N/c1-10(21-2)12-8-7-11(9-15(12)17)13-5-3-4-6-14(13)16(18,19)20/h3-10,21H,1-2H3. The lowest BCUT2D eigenvalue weighted by Crippen LogP contribution is -2.12. The summed E-state index contributed by atoms with van der Waals surface area (Å²) < 4.78 is 39.2. The van der Waals surface area contributed by atoms with E-state index in [1.807, 2.05) is 6.92 Å².